The highest BCUT2D eigenvalue weighted by atomic mass is 32.2. The zero-order chi connectivity index (χ0) is 21.7. The lowest BCUT2D eigenvalue weighted by atomic mass is 10.1. The number of rotatable bonds is 8. The van der Waals surface area contributed by atoms with Gasteiger partial charge in [0.05, 0.1) is 4.90 Å². The smallest absolute Gasteiger partial charge is 0.251 e. The number of carbonyl (C=O) groups excluding carboxylic acids is 1. The Morgan fingerprint density at radius 1 is 1.10 bits per heavy atom. The second kappa shape index (κ2) is 10.0. The van der Waals surface area contributed by atoms with Gasteiger partial charge in [0.15, 0.2) is 0 Å². The second-order valence-electron chi connectivity index (χ2n) is 8.94. The van der Waals surface area contributed by atoms with Gasteiger partial charge < -0.3 is 15.1 Å². The molecular weight excluding hydrogens is 388 g/mol. The number of benzene rings is 1. The van der Waals surface area contributed by atoms with E-state index in [0.29, 0.717) is 12.1 Å². The van der Waals surface area contributed by atoms with Gasteiger partial charge in [0, 0.05) is 43.8 Å². The van der Waals surface area contributed by atoms with Crippen molar-refractivity contribution in [3.63, 3.8) is 0 Å². The van der Waals surface area contributed by atoms with Crippen molar-refractivity contribution in [1.82, 2.24) is 19.8 Å². The molecule has 0 saturated carbocycles. The van der Waals surface area contributed by atoms with Gasteiger partial charge in [-0.15, -0.1) is 0 Å². The molecule has 0 unspecified atom stereocenters. The fourth-order valence-corrected chi connectivity index (χ4v) is 4.75. The molecule has 1 aromatic rings. The predicted molar refractivity (Wildman–Crippen MR) is 117 cm³/mol. The van der Waals surface area contributed by atoms with E-state index in [4.69, 9.17) is 0 Å². The first-order valence-electron chi connectivity index (χ1n) is 10.3. The van der Waals surface area contributed by atoms with Crippen molar-refractivity contribution in [2.24, 2.45) is 0 Å². The molecule has 2 N–H and O–H groups in total. The lowest BCUT2D eigenvalue weighted by molar-refractivity contribution is 0.0951. The quantitative estimate of drug-likeness (QED) is 0.622. The maximum absolute atomic E-state index is 12.6. The Morgan fingerprint density at radius 2 is 1.76 bits per heavy atom. The van der Waals surface area contributed by atoms with Crippen molar-refractivity contribution >= 4 is 15.9 Å². The van der Waals surface area contributed by atoms with Crippen LogP contribution in [0.5, 0.6) is 0 Å². The standard InChI is InChI=1S/C21H36N4O3S/c1-17-8-9-18(29(27,28)23-21(2,3)4)16-19(17)20(26)22-10-6-7-11-25-14-12-24(5)13-15-25/h8-9,16,23H,6-7,10-15H2,1-5H3,(H,22,26). The van der Waals surface area contributed by atoms with Gasteiger partial charge in [-0.2, -0.15) is 0 Å². The first kappa shape index (κ1) is 23.8. The van der Waals surface area contributed by atoms with E-state index >= 15 is 0 Å². The van der Waals surface area contributed by atoms with Gasteiger partial charge in [-0.05, 0) is 71.8 Å². The number of aryl methyl sites for hydroxylation is 1. The topological polar surface area (TPSA) is 81.7 Å². The van der Waals surface area contributed by atoms with Crippen molar-refractivity contribution in [3.05, 3.63) is 29.3 Å². The van der Waals surface area contributed by atoms with Crippen LogP contribution in [0, 0.1) is 6.92 Å². The maximum atomic E-state index is 12.6. The van der Waals surface area contributed by atoms with Gasteiger partial charge >= 0.3 is 0 Å². The molecule has 0 aliphatic carbocycles. The fourth-order valence-electron chi connectivity index (χ4n) is 3.30. The predicted octanol–water partition coefficient (Wildman–Crippen LogP) is 1.83. The highest BCUT2D eigenvalue weighted by molar-refractivity contribution is 7.89. The third-order valence-corrected chi connectivity index (χ3v) is 6.74. The summed E-state index contributed by atoms with van der Waals surface area (Å²) in [5, 5.41) is 2.93. The average Bonchev–Trinajstić information content (AvgIpc) is 2.61. The summed E-state index contributed by atoms with van der Waals surface area (Å²) in [7, 11) is -1.53. The molecule has 0 aromatic heterocycles. The van der Waals surface area contributed by atoms with Gasteiger partial charge in [-0.25, -0.2) is 13.1 Å². The van der Waals surface area contributed by atoms with Gasteiger partial charge in [0.1, 0.15) is 0 Å². The average molecular weight is 425 g/mol. The van der Waals surface area contributed by atoms with E-state index in [2.05, 4.69) is 26.9 Å². The van der Waals surface area contributed by atoms with Gasteiger partial charge in [-0.3, -0.25) is 4.79 Å². The van der Waals surface area contributed by atoms with E-state index in [1.807, 2.05) is 6.92 Å². The first-order valence-corrected chi connectivity index (χ1v) is 11.8. The molecule has 0 radical (unpaired) electrons. The molecule has 0 spiro atoms. The third kappa shape index (κ3) is 7.70. The Morgan fingerprint density at radius 3 is 2.38 bits per heavy atom. The summed E-state index contributed by atoms with van der Waals surface area (Å²) in [4.78, 5) is 17.5. The zero-order valence-electron chi connectivity index (χ0n) is 18.4. The molecule has 7 nitrogen and oxygen atoms in total. The number of amides is 1. The minimum Gasteiger partial charge on any atom is -0.352 e. The Bertz CT molecular complexity index is 795. The summed E-state index contributed by atoms with van der Waals surface area (Å²) in [6.07, 6.45) is 1.94. The number of hydrogen-bond acceptors (Lipinski definition) is 5. The number of sulfonamides is 1. The number of hydrogen-bond donors (Lipinski definition) is 2. The minimum absolute atomic E-state index is 0.109. The molecule has 1 aliphatic rings. The molecule has 1 heterocycles. The lowest BCUT2D eigenvalue weighted by Crippen LogP contribution is -2.44. The summed E-state index contributed by atoms with van der Waals surface area (Å²) < 4.78 is 27.7. The van der Waals surface area contributed by atoms with Crippen LogP contribution in [0.2, 0.25) is 0 Å². The van der Waals surface area contributed by atoms with Gasteiger partial charge in [0.2, 0.25) is 10.0 Å². The van der Waals surface area contributed by atoms with Crippen LogP contribution in [-0.4, -0.2) is 76.0 Å². The maximum Gasteiger partial charge on any atom is 0.251 e. The highest BCUT2D eigenvalue weighted by Crippen LogP contribution is 2.17. The Kier molecular flexibility index (Phi) is 8.22. The third-order valence-electron chi connectivity index (χ3n) is 4.99. The number of carbonyl (C=O) groups is 1. The monoisotopic (exact) mass is 424 g/mol. The zero-order valence-corrected chi connectivity index (χ0v) is 19.2. The van der Waals surface area contributed by atoms with Crippen LogP contribution in [0.3, 0.4) is 0 Å². The molecular formula is C21H36N4O3S. The van der Waals surface area contributed by atoms with Gasteiger partial charge in [0.25, 0.3) is 5.91 Å². The van der Waals surface area contributed by atoms with Crippen molar-refractivity contribution < 1.29 is 13.2 Å². The summed E-state index contributed by atoms with van der Waals surface area (Å²) in [6, 6.07) is 4.68. The molecule has 164 valence electrons. The molecule has 29 heavy (non-hydrogen) atoms. The number of nitrogens with one attached hydrogen (secondary N) is 2. The summed E-state index contributed by atoms with van der Waals surface area (Å²) >= 11 is 0. The second-order valence-corrected chi connectivity index (χ2v) is 10.6. The number of unbranched alkanes of at least 4 members (excludes halogenated alkanes) is 1. The van der Waals surface area contributed by atoms with Crippen LogP contribution >= 0.6 is 0 Å². The van der Waals surface area contributed by atoms with Crippen LogP contribution in [0.15, 0.2) is 23.1 Å². The van der Waals surface area contributed by atoms with E-state index < -0.39 is 15.6 Å². The molecule has 0 bridgehead atoms. The molecule has 1 amide bonds. The fraction of sp³-hybridized carbons (Fsp3) is 0.667. The van der Waals surface area contributed by atoms with E-state index in [9.17, 15) is 13.2 Å². The summed E-state index contributed by atoms with van der Waals surface area (Å²) in [5.74, 6) is -0.227. The molecule has 1 aromatic carbocycles. The summed E-state index contributed by atoms with van der Waals surface area (Å²) in [5.41, 5.74) is 0.575. The Labute approximate surface area is 175 Å². The van der Waals surface area contributed by atoms with Crippen LogP contribution in [0.4, 0.5) is 0 Å². The van der Waals surface area contributed by atoms with Gasteiger partial charge in [-0.1, -0.05) is 6.07 Å². The van der Waals surface area contributed by atoms with Crippen molar-refractivity contribution in [2.45, 2.75) is 51.0 Å². The van der Waals surface area contributed by atoms with Crippen molar-refractivity contribution in [2.75, 3.05) is 46.3 Å². The SMILES string of the molecule is Cc1ccc(S(=O)(=O)NC(C)(C)C)cc1C(=O)NCCCCN1CCN(C)CC1. The van der Waals surface area contributed by atoms with E-state index in [0.717, 1.165) is 51.1 Å². The largest absolute Gasteiger partial charge is 0.352 e. The van der Waals surface area contributed by atoms with E-state index in [1.54, 1.807) is 26.8 Å². The van der Waals surface area contributed by atoms with Crippen molar-refractivity contribution in [1.29, 1.82) is 0 Å². The Hall–Kier alpha value is -1.48. The van der Waals surface area contributed by atoms with Crippen molar-refractivity contribution in [3.8, 4) is 0 Å². The number of likely N-dealkylation sites (N-methyl/N-ethyl adjacent to an activating group) is 1. The van der Waals surface area contributed by atoms with E-state index in [-0.39, 0.29) is 10.8 Å². The number of piperazine rings is 1. The van der Waals surface area contributed by atoms with E-state index in [1.165, 1.54) is 12.1 Å². The van der Waals surface area contributed by atoms with Crippen LogP contribution in [-0.2, 0) is 10.0 Å². The lowest BCUT2D eigenvalue weighted by Gasteiger charge is -2.32. The molecule has 0 atom stereocenters. The first-order chi connectivity index (χ1) is 13.5. The molecule has 1 fully saturated rings. The molecule has 8 heteroatoms. The minimum atomic E-state index is -3.68. The molecule has 1 aliphatic heterocycles. The Balaban J connectivity index is 1.87. The van der Waals surface area contributed by atoms with Crippen LogP contribution in [0.1, 0.15) is 49.5 Å². The highest BCUT2D eigenvalue weighted by Gasteiger charge is 2.23. The summed E-state index contributed by atoms with van der Waals surface area (Å²) in [6.45, 7) is 13.2. The van der Waals surface area contributed by atoms with Crippen LogP contribution < -0.4 is 10.0 Å². The number of nitrogens with zero attached hydrogens (tertiary/aromatic N) is 2. The molecule has 1 saturated heterocycles. The van der Waals surface area contributed by atoms with Crippen LogP contribution in [0.25, 0.3) is 0 Å². The molecule has 2 rings (SSSR count). The normalized spacial score (nSPS) is 16.7.